The zero-order valence-electron chi connectivity index (χ0n) is 19.3. The number of hydrogen-bond acceptors (Lipinski definition) is 5. The molecule has 0 atom stereocenters. The van der Waals surface area contributed by atoms with Gasteiger partial charge < -0.3 is 24.5 Å². The molecule has 6 nitrogen and oxygen atoms in total. The molecule has 3 aromatic rings. The van der Waals surface area contributed by atoms with Crippen molar-refractivity contribution in [3.63, 3.8) is 0 Å². The van der Waals surface area contributed by atoms with Gasteiger partial charge in [-0.2, -0.15) is 0 Å². The third-order valence-corrected chi connectivity index (χ3v) is 7.20. The zero-order valence-corrected chi connectivity index (χ0v) is 20.3. The summed E-state index contributed by atoms with van der Waals surface area (Å²) in [5.41, 5.74) is 9.52. The third-order valence-electron chi connectivity index (χ3n) is 5.49. The van der Waals surface area contributed by atoms with Crippen molar-refractivity contribution in [2.24, 2.45) is 5.73 Å². The summed E-state index contributed by atoms with van der Waals surface area (Å²) in [4.78, 5) is 5.03. The molecule has 0 saturated heterocycles. The van der Waals surface area contributed by atoms with E-state index in [0.717, 1.165) is 58.9 Å². The maximum atomic E-state index is 6.29. The van der Waals surface area contributed by atoms with E-state index >= 15 is 0 Å². The normalized spacial score (nSPS) is 12.5. The van der Waals surface area contributed by atoms with E-state index in [2.05, 4.69) is 36.3 Å². The molecule has 0 bridgehead atoms. The van der Waals surface area contributed by atoms with Crippen LogP contribution in [0, 0.1) is 0 Å². The average Bonchev–Trinajstić information content (AvgIpc) is 3.05. The van der Waals surface area contributed by atoms with Crippen LogP contribution < -0.4 is 10.5 Å². The van der Waals surface area contributed by atoms with E-state index in [1.165, 1.54) is 0 Å². The molecule has 7 heteroatoms. The summed E-state index contributed by atoms with van der Waals surface area (Å²) in [6.45, 7) is 9.89. The lowest BCUT2D eigenvalue weighted by Crippen LogP contribution is -2.22. The van der Waals surface area contributed by atoms with Crippen LogP contribution >= 0.6 is 0 Å². The van der Waals surface area contributed by atoms with Gasteiger partial charge in [-0.25, -0.2) is 4.98 Å². The van der Waals surface area contributed by atoms with Crippen LogP contribution in [0.3, 0.4) is 0 Å². The van der Waals surface area contributed by atoms with Crippen LogP contribution in [0.25, 0.3) is 22.5 Å². The lowest BCUT2D eigenvalue weighted by atomic mass is 10.0. The number of fused-ring (bicyclic) bond motifs is 5. The third kappa shape index (κ3) is 5.12. The number of para-hydroxylation sites is 2. The first-order valence-corrected chi connectivity index (χ1v) is 15.0. The molecular weight excluding hydrogens is 418 g/mol. The Morgan fingerprint density at radius 1 is 0.938 bits per heavy atom. The predicted octanol–water partition coefficient (Wildman–Crippen LogP) is 5.50. The summed E-state index contributed by atoms with van der Waals surface area (Å²) in [6.07, 6.45) is 0.826. The van der Waals surface area contributed by atoms with E-state index in [0.29, 0.717) is 26.5 Å². The number of rotatable bonds is 10. The van der Waals surface area contributed by atoms with Gasteiger partial charge in [0.15, 0.2) is 0 Å². The molecule has 2 heterocycles. The monoisotopic (exact) mass is 451 g/mol. The van der Waals surface area contributed by atoms with Crippen LogP contribution in [0.1, 0.15) is 12.2 Å². The Labute approximate surface area is 191 Å². The van der Waals surface area contributed by atoms with Crippen molar-refractivity contribution in [3.05, 3.63) is 54.4 Å². The molecule has 1 aliphatic rings. The molecule has 0 spiro atoms. The van der Waals surface area contributed by atoms with Crippen LogP contribution in [-0.4, -0.2) is 37.4 Å². The smallest absolute Gasteiger partial charge is 0.137 e. The fraction of sp³-hybridized carbons (Fsp3) is 0.400. The second kappa shape index (κ2) is 10.00. The summed E-state index contributed by atoms with van der Waals surface area (Å²) in [5, 5.41) is 0. The van der Waals surface area contributed by atoms with Gasteiger partial charge in [0.2, 0.25) is 0 Å². The second-order valence-electron chi connectivity index (χ2n) is 9.29. The molecule has 0 fully saturated rings. The Bertz CT molecular complexity index is 1060. The van der Waals surface area contributed by atoms with E-state index in [1.54, 1.807) is 0 Å². The largest absolute Gasteiger partial charge is 0.456 e. The fourth-order valence-electron chi connectivity index (χ4n) is 3.71. The Kier molecular flexibility index (Phi) is 7.10. The van der Waals surface area contributed by atoms with Gasteiger partial charge in [0.05, 0.1) is 5.69 Å². The van der Waals surface area contributed by atoms with Crippen molar-refractivity contribution in [1.29, 1.82) is 0 Å². The number of aromatic nitrogens is 2. The lowest BCUT2D eigenvalue weighted by Gasteiger charge is -2.18. The predicted molar refractivity (Wildman–Crippen MR) is 131 cm³/mol. The van der Waals surface area contributed by atoms with Gasteiger partial charge in [-0.3, -0.25) is 0 Å². The molecule has 0 aliphatic carbocycles. The first-order chi connectivity index (χ1) is 15.5. The number of ether oxygens (including phenoxy) is 3. The Morgan fingerprint density at radius 3 is 2.34 bits per heavy atom. The summed E-state index contributed by atoms with van der Waals surface area (Å²) in [5.74, 6) is 2.47. The maximum absolute atomic E-state index is 6.29. The molecule has 0 radical (unpaired) electrons. The van der Waals surface area contributed by atoms with Crippen molar-refractivity contribution in [3.8, 4) is 34.0 Å². The zero-order chi connectivity index (χ0) is 22.6. The highest BCUT2D eigenvalue weighted by Gasteiger charge is 2.27. The van der Waals surface area contributed by atoms with Gasteiger partial charge in [-0.1, -0.05) is 43.9 Å². The minimum Gasteiger partial charge on any atom is -0.456 e. The van der Waals surface area contributed by atoms with E-state index in [9.17, 15) is 0 Å². The van der Waals surface area contributed by atoms with Crippen molar-refractivity contribution in [2.45, 2.75) is 45.4 Å². The highest BCUT2D eigenvalue weighted by molar-refractivity contribution is 6.76. The first kappa shape index (κ1) is 22.7. The number of nitrogens with two attached hydrogens (primary N) is 1. The SMILES string of the molecule is C[Si](C)(C)CCOCn1c(COCCCN)nc2c1-c1ccccc1Oc1ccccc1-2. The molecule has 1 aromatic heterocycles. The van der Waals surface area contributed by atoms with E-state index in [-0.39, 0.29) is 0 Å². The van der Waals surface area contributed by atoms with Gasteiger partial charge in [0.25, 0.3) is 0 Å². The summed E-state index contributed by atoms with van der Waals surface area (Å²) in [6, 6.07) is 17.3. The van der Waals surface area contributed by atoms with Crippen molar-refractivity contribution < 1.29 is 14.2 Å². The minimum atomic E-state index is -1.17. The molecule has 32 heavy (non-hydrogen) atoms. The number of nitrogens with zero attached hydrogens (tertiary/aromatic N) is 2. The standard InChI is InChI=1S/C25H33N3O3Si/c1-32(2,3)16-15-30-18-28-23(17-29-14-8-13-26)27-24-19-9-4-6-11-21(19)31-22-12-7-5-10-20(22)25(24)28/h4-7,9-12H,8,13-18,26H2,1-3H3. The maximum Gasteiger partial charge on any atom is 0.137 e. The van der Waals surface area contributed by atoms with Crippen molar-refractivity contribution >= 4 is 8.07 Å². The molecule has 4 rings (SSSR count). The van der Waals surface area contributed by atoms with Crippen LogP contribution in [0.2, 0.25) is 25.7 Å². The van der Waals surface area contributed by atoms with E-state index in [4.69, 9.17) is 24.9 Å². The van der Waals surface area contributed by atoms with Crippen LogP contribution in [0.5, 0.6) is 11.5 Å². The van der Waals surface area contributed by atoms with Gasteiger partial charge in [-0.15, -0.1) is 0 Å². The molecule has 0 amide bonds. The topological polar surface area (TPSA) is 71.5 Å². The van der Waals surface area contributed by atoms with E-state index in [1.807, 2.05) is 36.4 Å². The molecule has 2 N–H and O–H groups in total. The Balaban J connectivity index is 1.75. The quantitative estimate of drug-likeness (QED) is 0.255. The highest BCUT2D eigenvalue weighted by Crippen LogP contribution is 2.46. The minimum absolute atomic E-state index is 0.412. The first-order valence-electron chi connectivity index (χ1n) is 11.3. The van der Waals surface area contributed by atoms with Gasteiger partial charge >= 0.3 is 0 Å². The molecule has 2 aromatic carbocycles. The summed E-state index contributed by atoms with van der Waals surface area (Å²) >= 11 is 0. The number of benzene rings is 2. The average molecular weight is 452 g/mol. The molecule has 0 unspecified atom stereocenters. The number of hydrogen-bond donors (Lipinski definition) is 1. The van der Waals surface area contributed by atoms with E-state index < -0.39 is 8.07 Å². The van der Waals surface area contributed by atoms with Crippen molar-refractivity contribution in [1.82, 2.24) is 9.55 Å². The summed E-state index contributed by atoms with van der Waals surface area (Å²) < 4.78 is 20.5. The van der Waals surface area contributed by atoms with Crippen molar-refractivity contribution in [2.75, 3.05) is 19.8 Å². The molecular formula is C25H33N3O3Si. The highest BCUT2D eigenvalue weighted by atomic mass is 28.3. The number of imidazole rings is 1. The van der Waals surface area contributed by atoms with Crippen LogP contribution in [0.4, 0.5) is 0 Å². The fourth-order valence-corrected chi connectivity index (χ4v) is 4.47. The second-order valence-corrected chi connectivity index (χ2v) is 14.9. The van der Waals surface area contributed by atoms with Gasteiger partial charge in [0, 0.05) is 32.4 Å². The Hall–Kier alpha value is -2.45. The molecule has 1 aliphatic heterocycles. The molecule has 0 saturated carbocycles. The van der Waals surface area contributed by atoms with Crippen LogP contribution in [0.15, 0.2) is 48.5 Å². The van der Waals surface area contributed by atoms with Crippen LogP contribution in [-0.2, 0) is 22.8 Å². The van der Waals surface area contributed by atoms with Gasteiger partial charge in [-0.05, 0) is 43.3 Å². The lowest BCUT2D eigenvalue weighted by molar-refractivity contribution is 0.0721. The Morgan fingerprint density at radius 2 is 1.62 bits per heavy atom. The van der Waals surface area contributed by atoms with Gasteiger partial charge in [0.1, 0.15) is 36.4 Å². The summed E-state index contributed by atoms with van der Waals surface area (Å²) in [7, 11) is -1.17. The molecule has 170 valence electrons.